The third kappa shape index (κ3) is 2.47. The van der Waals surface area contributed by atoms with Gasteiger partial charge in [0.15, 0.2) is 5.78 Å². The highest BCUT2D eigenvalue weighted by Crippen LogP contribution is 2.23. The van der Waals surface area contributed by atoms with Crippen LogP contribution in [0.2, 0.25) is 5.02 Å². The molecule has 0 heterocycles. The molecule has 0 aliphatic carbocycles. The molecule has 4 heteroatoms. The Balaban J connectivity index is 3.01. The molecule has 0 amide bonds. The van der Waals surface area contributed by atoms with E-state index < -0.39 is 0 Å². The van der Waals surface area contributed by atoms with E-state index in [4.69, 9.17) is 21.1 Å². The topological polar surface area (TPSA) is 35.5 Å². The molecular weight excluding hydrogens is 204 g/mol. The van der Waals surface area contributed by atoms with E-state index in [9.17, 15) is 4.79 Å². The summed E-state index contributed by atoms with van der Waals surface area (Å²) in [5, 5.41) is 0.538. The number of methoxy groups -OCH3 is 2. The van der Waals surface area contributed by atoms with Gasteiger partial charge in [0.2, 0.25) is 0 Å². The molecule has 0 unspecified atom stereocenters. The summed E-state index contributed by atoms with van der Waals surface area (Å²) in [5.74, 6) is 0.348. The standard InChI is InChI=1S/C10H11ClO3/c1-13-6-9(12)8-4-3-7(11)5-10(8)14-2/h3-5H,6H2,1-2H3. The van der Waals surface area contributed by atoms with Crippen LogP contribution in [0.25, 0.3) is 0 Å². The normalized spacial score (nSPS) is 9.93. The number of hydrogen-bond acceptors (Lipinski definition) is 3. The van der Waals surface area contributed by atoms with Crippen LogP contribution in [0.5, 0.6) is 5.75 Å². The van der Waals surface area contributed by atoms with E-state index in [0.29, 0.717) is 16.3 Å². The van der Waals surface area contributed by atoms with Crippen LogP contribution in [0, 0.1) is 0 Å². The minimum absolute atomic E-state index is 0.0397. The van der Waals surface area contributed by atoms with E-state index in [1.165, 1.54) is 14.2 Å². The Labute approximate surface area is 87.6 Å². The number of carbonyl (C=O) groups excluding carboxylic acids is 1. The van der Waals surface area contributed by atoms with Crippen LogP contribution in [-0.4, -0.2) is 26.6 Å². The average Bonchev–Trinajstić information content (AvgIpc) is 2.17. The fourth-order valence-corrected chi connectivity index (χ4v) is 1.27. The first-order chi connectivity index (χ1) is 6.69. The second kappa shape index (κ2) is 4.98. The molecule has 3 nitrogen and oxygen atoms in total. The van der Waals surface area contributed by atoms with Gasteiger partial charge in [-0.15, -0.1) is 0 Å². The molecule has 0 aromatic heterocycles. The maximum absolute atomic E-state index is 11.5. The average molecular weight is 215 g/mol. The predicted molar refractivity (Wildman–Crippen MR) is 54.2 cm³/mol. The Morgan fingerprint density at radius 1 is 1.43 bits per heavy atom. The van der Waals surface area contributed by atoms with Crippen molar-refractivity contribution in [3.63, 3.8) is 0 Å². The highest BCUT2D eigenvalue weighted by Gasteiger charge is 2.11. The second-order valence-electron chi connectivity index (χ2n) is 2.70. The van der Waals surface area contributed by atoms with Crippen LogP contribution < -0.4 is 4.74 Å². The van der Waals surface area contributed by atoms with Crippen molar-refractivity contribution >= 4 is 17.4 Å². The van der Waals surface area contributed by atoms with Gasteiger partial charge in [-0.1, -0.05) is 11.6 Å². The van der Waals surface area contributed by atoms with Crippen molar-refractivity contribution in [2.75, 3.05) is 20.8 Å². The molecule has 0 aliphatic rings. The molecule has 0 atom stereocenters. The number of Topliss-reactive ketones (excluding diaryl/α,β-unsaturated/α-hetero) is 1. The lowest BCUT2D eigenvalue weighted by molar-refractivity contribution is 0.0845. The van der Waals surface area contributed by atoms with Crippen molar-refractivity contribution in [2.24, 2.45) is 0 Å². The number of benzene rings is 1. The van der Waals surface area contributed by atoms with Crippen molar-refractivity contribution in [2.45, 2.75) is 0 Å². The number of rotatable bonds is 4. The van der Waals surface area contributed by atoms with E-state index in [0.717, 1.165) is 0 Å². The lowest BCUT2D eigenvalue weighted by Crippen LogP contribution is -2.08. The fraction of sp³-hybridized carbons (Fsp3) is 0.300. The van der Waals surface area contributed by atoms with Gasteiger partial charge in [-0.05, 0) is 18.2 Å². The summed E-state index contributed by atoms with van der Waals surface area (Å²) in [6.45, 7) is 0.0397. The van der Waals surface area contributed by atoms with E-state index in [1.807, 2.05) is 0 Å². The van der Waals surface area contributed by atoms with Crippen molar-refractivity contribution in [3.05, 3.63) is 28.8 Å². The monoisotopic (exact) mass is 214 g/mol. The van der Waals surface area contributed by atoms with Crippen LogP contribution in [-0.2, 0) is 4.74 Å². The molecule has 76 valence electrons. The molecule has 0 bridgehead atoms. The van der Waals surface area contributed by atoms with E-state index in [2.05, 4.69) is 0 Å². The van der Waals surface area contributed by atoms with Gasteiger partial charge in [-0.25, -0.2) is 0 Å². The molecule has 1 aromatic rings. The van der Waals surface area contributed by atoms with Crippen molar-refractivity contribution in [1.29, 1.82) is 0 Å². The smallest absolute Gasteiger partial charge is 0.192 e. The molecule has 14 heavy (non-hydrogen) atoms. The first-order valence-electron chi connectivity index (χ1n) is 4.04. The number of hydrogen-bond donors (Lipinski definition) is 0. The van der Waals surface area contributed by atoms with Gasteiger partial charge in [0.05, 0.1) is 12.7 Å². The first kappa shape index (κ1) is 11.0. The maximum atomic E-state index is 11.5. The summed E-state index contributed by atoms with van der Waals surface area (Å²) in [7, 11) is 2.97. The first-order valence-corrected chi connectivity index (χ1v) is 4.42. The highest BCUT2D eigenvalue weighted by atomic mass is 35.5. The summed E-state index contributed by atoms with van der Waals surface area (Å²) < 4.78 is 9.78. The molecule has 0 aliphatic heterocycles. The lowest BCUT2D eigenvalue weighted by Gasteiger charge is -2.07. The summed E-state index contributed by atoms with van der Waals surface area (Å²) in [6, 6.07) is 4.87. The van der Waals surface area contributed by atoms with Crippen molar-refractivity contribution in [1.82, 2.24) is 0 Å². The Bertz CT molecular complexity index is 336. The quantitative estimate of drug-likeness (QED) is 0.721. The molecule has 0 saturated heterocycles. The van der Waals surface area contributed by atoms with Crippen molar-refractivity contribution in [3.8, 4) is 5.75 Å². The van der Waals surface area contributed by atoms with E-state index in [-0.39, 0.29) is 12.4 Å². The number of halogens is 1. The van der Waals surface area contributed by atoms with Gasteiger partial charge in [0.25, 0.3) is 0 Å². The van der Waals surface area contributed by atoms with E-state index >= 15 is 0 Å². The summed E-state index contributed by atoms with van der Waals surface area (Å²) in [6.07, 6.45) is 0. The SMILES string of the molecule is COCC(=O)c1ccc(Cl)cc1OC. The Hall–Kier alpha value is -1.06. The molecular formula is C10H11ClO3. The molecule has 0 fully saturated rings. The zero-order chi connectivity index (χ0) is 10.6. The van der Waals surface area contributed by atoms with Gasteiger partial charge < -0.3 is 9.47 Å². The molecule has 1 aromatic carbocycles. The Morgan fingerprint density at radius 2 is 2.14 bits per heavy atom. The molecule has 0 radical (unpaired) electrons. The molecule has 0 spiro atoms. The minimum atomic E-state index is -0.124. The van der Waals surface area contributed by atoms with Crippen LogP contribution in [0.1, 0.15) is 10.4 Å². The molecule has 0 N–H and O–H groups in total. The van der Waals surface area contributed by atoms with Gasteiger partial charge >= 0.3 is 0 Å². The predicted octanol–water partition coefficient (Wildman–Crippen LogP) is 2.18. The Morgan fingerprint density at radius 3 is 2.71 bits per heavy atom. The highest BCUT2D eigenvalue weighted by molar-refractivity contribution is 6.30. The fourth-order valence-electron chi connectivity index (χ4n) is 1.10. The zero-order valence-corrected chi connectivity index (χ0v) is 8.80. The van der Waals surface area contributed by atoms with Crippen LogP contribution in [0.3, 0.4) is 0 Å². The number of ether oxygens (including phenoxy) is 2. The largest absolute Gasteiger partial charge is 0.496 e. The number of ketones is 1. The lowest BCUT2D eigenvalue weighted by atomic mass is 10.1. The minimum Gasteiger partial charge on any atom is -0.496 e. The number of carbonyl (C=O) groups is 1. The van der Waals surface area contributed by atoms with Crippen LogP contribution in [0.4, 0.5) is 0 Å². The van der Waals surface area contributed by atoms with E-state index in [1.54, 1.807) is 18.2 Å². The summed E-state index contributed by atoms with van der Waals surface area (Å²) in [5.41, 5.74) is 0.485. The second-order valence-corrected chi connectivity index (χ2v) is 3.14. The third-order valence-corrected chi connectivity index (χ3v) is 1.97. The summed E-state index contributed by atoms with van der Waals surface area (Å²) in [4.78, 5) is 11.5. The summed E-state index contributed by atoms with van der Waals surface area (Å²) >= 11 is 5.75. The van der Waals surface area contributed by atoms with Gasteiger partial charge in [0.1, 0.15) is 12.4 Å². The molecule has 0 saturated carbocycles. The van der Waals surface area contributed by atoms with Gasteiger partial charge in [-0.2, -0.15) is 0 Å². The molecule has 1 rings (SSSR count). The third-order valence-electron chi connectivity index (χ3n) is 1.74. The Kier molecular flexibility index (Phi) is 3.92. The van der Waals surface area contributed by atoms with Gasteiger partial charge in [0, 0.05) is 12.1 Å². The van der Waals surface area contributed by atoms with Crippen LogP contribution >= 0.6 is 11.6 Å². The zero-order valence-electron chi connectivity index (χ0n) is 8.04. The van der Waals surface area contributed by atoms with Crippen molar-refractivity contribution < 1.29 is 14.3 Å². The van der Waals surface area contributed by atoms with Gasteiger partial charge in [-0.3, -0.25) is 4.79 Å². The van der Waals surface area contributed by atoms with Crippen LogP contribution in [0.15, 0.2) is 18.2 Å². The maximum Gasteiger partial charge on any atom is 0.192 e.